The minimum Gasteiger partial charge on any atom is -0.438 e. The summed E-state index contributed by atoms with van der Waals surface area (Å²) in [5.74, 6) is 0. The maximum Gasteiger partial charge on any atom is 0.412 e. The van der Waals surface area contributed by atoms with E-state index in [-0.39, 0.29) is 13.2 Å². The van der Waals surface area contributed by atoms with E-state index in [9.17, 15) is 9.90 Å². The molecule has 0 saturated carbocycles. The maximum absolute atomic E-state index is 11.4. The Bertz CT molecular complexity index is 241. The van der Waals surface area contributed by atoms with Gasteiger partial charge in [0, 0.05) is 0 Å². The molecule has 1 heterocycles. The lowest BCUT2D eigenvalue weighted by Crippen LogP contribution is -2.55. The van der Waals surface area contributed by atoms with E-state index in [1.54, 1.807) is 6.92 Å². The Kier molecular flexibility index (Phi) is 2.74. The molecule has 0 aromatic carbocycles. The van der Waals surface area contributed by atoms with Gasteiger partial charge >= 0.3 is 6.09 Å². The number of ether oxygens (including phenoxy) is 1. The molecule has 0 aliphatic carbocycles. The van der Waals surface area contributed by atoms with E-state index in [2.05, 4.69) is 0 Å². The third-order valence-corrected chi connectivity index (χ3v) is 3.06. The van der Waals surface area contributed by atoms with E-state index in [1.165, 1.54) is 6.92 Å². The number of nitrogens with zero attached hydrogens (tertiary/aromatic N) is 1. The number of amides is 1. The van der Waals surface area contributed by atoms with E-state index in [0.29, 0.717) is 6.42 Å². The number of carbonyl (C=O) groups excluding carboxylic acids is 1. The van der Waals surface area contributed by atoms with Crippen LogP contribution in [0.5, 0.6) is 0 Å². The molecule has 0 bridgehead atoms. The van der Waals surface area contributed by atoms with Gasteiger partial charge in [0.15, 0.2) is 11.3 Å². The molecule has 1 amide bonds. The topological polar surface area (TPSA) is 70.0 Å². The highest BCUT2D eigenvalue weighted by atomic mass is 16.6. The van der Waals surface area contributed by atoms with Crippen LogP contribution in [0.25, 0.3) is 0 Å². The van der Waals surface area contributed by atoms with Crippen molar-refractivity contribution in [1.82, 2.24) is 4.90 Å². The van der Waals surface area contributed by atoms with Crippen molar-refractivity contribution < 1.29 is 19.7 Å². The first-order chi connectivity index (χ1) is 6.39. The van der Waals surface area contributed by atoms with E-state index in [0.717, 1.165) is 4.90 Å². The molecule has 2 atom stereocenters. The Hall–Kier alpha value is -0.810. The largest absolute Gasteiger partial charge is 0.438 e. The molecule has 0 aromatic rings. The summed E-state index contributed by atoms with van der Waals surface area (Å²) in [7, 11) is 0. The fourth-order valence-electron chi connectivity index (χ4n) is 1.62. The van der Waals surface area contributed by atoms with Crippen LogP contribution in [0.3, 0.4) is 0 Å². The predicted molar refractivity (Wildman–Crippen MR) is 49.6 cm³/mol. The van der Waals surface area contributed by atoms with Gasteiger partial charge in [-0.25, -0.2) is 4.79 Å². The summed E-state index contributed by atoms with van der Waals surface area (Å²) in [4.78, 5) is 12.5. The fraction of sp³-hybridized carbons (Fsp3) is 0.889. The minimum absolute atomic E-state index is 0.0847. The second-order valence-corrected chi connectivity index (χ2v) is 3.85. The van der Waals surface area contributed by atoms with Gasteiger partial charge in [-0.2, -0.15) is 0 Å². The molecular formula is C9H17NO4. The second-order valence-electron chi connectivity index (χ2n) is 3.85. The Labute approximate surface area is 83.3 Å². The van der Waals surface area contributed by atoms with Crippen LogP contribution in [0.15, 0.2) is 0 Å². The summed E-state index contributed by atoms with van der Waals surface area (Å²) in [6.45, 7) is 4.94. The van der Waals surface area contributed by atoms with Crippen LogP contribution in [0, 0.1) is 0 Å². The first-order valence-corrected chi connectivity index (χ1v) is 4.73. The molecule has 1 rings (SSSR count). The normalized spacial score (nSPS) is 37.5. The lowest BCUT2D eigenvalue weighted by molar-refractivity contribution is -0.138. The summed E-state index contributed by atoms with van der Waals surface area (Å²) >= 11 is 0. The number of hydrogen-bond acceptors (Lipinski definition) is 4. The zero-order chi connectivity index (χ0) is 11.0. The zero-order valence-electron chi connectivity index (χ0n) is 8.78. The van der Waals surface area contributed by atoms with E-state index >= 15 is 0 Å². The molecule has 0 unspecified atom stereocenters. The number of aliphatic hydroxyl groups is 2. The van der Waals surface area contributed by atoms with Gasteiger partial charge in [-0.05, 0) is 20.3 Å². The predicted octanol–water partition coefficient (Wildman–Crippen LogP) is 0.308. The van der Waals surface area contributed by atoms with Crippen LogP contribution in [0.4, 0.5) is 4.79 Å². The molecule has 14 heavy (non-hydrogen) atoms. The molecule has 0 radical (unpaired) electrons. The fourth-order valence-corrected chi connectivity index (χ4v) is 1.62. The highest BCUT2D eigenvalue weighted by Gasteiger charge is 2.57. The third-order valence-electron chi connectivity index (χ3n) is 3.06. The molecule has 1 fully saturated rings. The van der Waals surface area contributed by atoms with Gasteiger partial charge in [-0.1, -0.05) is 6.92 Å². The lowest BCUT2D eigenvalue weighted by Gasteiger charge is -2.36. The average Bonchev–Trinajstić information content (AvgIpc) is 2.27. The van der Waals surface area contributed by atoms with Gasteiger partial charge in [0.1, 0.15) is 0 Å². The number of cyclic esters (lactones) is 1. The van der Waals surface area contributed by atoms with E-state index < -0.39 is 17.4 Å². The molecule has 0 aromatic heterocycles. The van der Waals surface area contributed by atoms with Gasteiger partial charge in [0.05, 0.1) is 13.2 Å². The number of aliphatic hydroxyl groups excluding tert-OH is 1. The van der Waals surface area contributed by atoms with Crippen molar-refractivity contribution >= 4 is 6.09 Å². The Morgan fingerprint density at radius 1 is 1.50 bits per heavy atom. The van der Waals surface area contributed by atoms with Crippen molar-refractivity contribution in [2.24, 2.45) is 0 Å². The summed E-state index contributed by atoms with van der Waals surface area (Å²) in [5.41, 5.74) is -2.26. The SMILES string of the molecule is CC[C@@]1(C)OC(=O)N(CCO)[C@]1(C)O. The van der Waals surface area contributed by atoms with Crippen LogP contribution in [-0.2, 0) is 4.74 Å². The van der Waals surface area contributed by atoms with Crippen LogP contribution >= 0.6 is 0 Å². The van der Waals surface area contributed by atoms with Crippen LogP contribution in [-0.4, -0.2) is 45.7 Å². The highest BCUT2D eigenvalue weighted by Crippen LogP contribution is 2.39. The van der Waals surface area contributed by atoms with Gasteiger partial charge in [-0.3, -0.25) is 4.90 Å². The highest BCUT2D eigenvalue weighted by molar-refractivity contribution is 5.72. The summed E-state index contributed by atoms with van der Waals surface area (Å²) < 4.78 is 5.10. The van der Waals surface area contributed by atoms with Crippen molar-refractivity contribution in [2.45, 2.75) is 38.5 Å². The Morgan fingerprint density at radius 3 is 2.43 bits per heavy atom. The van der Waals surface area contributed by atoms with Crippen molar-refractivity contribution in [3.63, 3.8) is 0 Å². The van der Waals surface area contributed by atoms with Crippen LogP contribution < -0.4 is 0 Å². The Morgan fingerprint density at radius 2 is 2.07 bits per heavy atom. The van der Waals surface area contributed by atoms with Crippen LogP contribution in [0.2, 0.25) is 0 Å². The standard InChI is InChI=1S/C9H17NO4/c1-4-8(2)9(3,13)10(5-6-11)7(12)14-8/h11,13H,4-6H2,1-3H3/t8-,9-/m1/s1. The van der Waals surface area contributed by atoms with Crippen molar-refractivity contribution in [2.75, 3.05) is 13.2 Å². The first kappa shape index (κ1) is 11.3. The van der Waals surface area contributed by atoms with Crippen LogP contribution in [0.1, 0.15) is 27.2 Å². The van der Waals surface area contributed by atoms with Crippen molar-refractivity contribution in [1.29, 1.82) is 0 Å². The average molecular weight is 203 g/mol. The molecule has 1 saturated heterocycles. The molecular weight excluding hydrogens is 186 g/mol. The van der Waals surface area contributed by atoms with E-state index in [1.807, 2.05) is 6.92 Å². The molecule has 5 nitrogen and oxygen atoms in total. The summed E-state index contributed by atoms with van der Waals surface area (Å²) in [6, 6.07) is 0. The molecule has 1 aliphatic rings. The van der Waals surface area contributed by atoms with E-state index in [4.69, 9.17) is 9.84 Å². The number of β-amino-alcohol motifs (C(OH)–C–C–N with tert-alkyl or cyclic N) is 1. The Balaban J connectivity index is 2.95. The smallest absolute Gasteiger partial charge is 0.412 e. The second kappa shape index (κ2) is 3.40. The minimum atomic E-state index is -1.36. The van der Waals surface area contributed by atoms with Gasteiger partial charge in [0.2, 0.25) is 0 Å². The first-order valence-electron chi connectivity index (χ1n) is 4.73. The number of hydrogen-bond donors (Lipinski definition) is 2. The molecule has 2 N–H and O–H groups in total. The zero-order valence-corrected chi connectivity index (χ0v) is 8.78. The molecule has 0 spiro atoms. The lowest BCUT2D eigenvalue weighted by atomic mass is 9.91. The third kappa shape index (κ3) is 1.36. The quantitative estimate of drug-likeness (QED) is 0.692. The monoisotopic (exact) mass is 203 g/mol. The number of carbonyl (C=O) groups is 1. The molecule has 1 aliphatic heterocycles. The number of rotatable bonds is 3. The molecule has 5 heteroatoms. The van der Waals surface area contributed by atoms with Gasteiger partial charge in [0.25, 0.3) is 0 Å². The van der Waals surface area contributed by atoms with Gasteiger partial charge in [-0.15, -0.1) is 0 Å². The summed E-state index contributed by atoms with van der Waals surface area (Å²) in [6.07, 6.45) is -0.0541. The summed E-state index contributed by atoms with van der Waals surface area (Å²) in [5, 5.41) is 18.9. The maximum atomic E-state index is 11.4. The van der Waals surface area contributed by atoms with Gasteiger partial charge < -0.3 is 14.9 Å². The van der Waals surface area contributed by atoms with Crippen molar-refractivity contribution in [3.8, 4) is 0 Å². The molecule has 82 valence electrons. The van der Waals surface area contributed by atoms with Crippen molar-refractivity contribution in [3.05, 3.63) is 0 Å².